The molecule has 21 heavy (non-hydrogen) atoms. The summed E-state index contributed by atoms with van der Waals surface area (Å²) < 4.78 is 52.3. The molecule has 0 spiro atoms. The van der Waals surface area contributed by atoms with Crippen molar-refractivity contribution < 1.29 is 17.2 Å². The minimum absolute atomic E-state index is 0.146. The lowest BCUT2D eigenvalue weighted by Crippen LogP contribution is -2.26. The molecule has 2 rings (SSSR count). The summed E-state index contributed by atoms with van der Waals surface area (Å²) in [5.74, 6) is 0. The Labute approximate surface area is 121 Å². The minimum Gasteiger partial charge on any atom is -0.264 e. The van der Waals surface area contributed by atoms with Crippen molar-refractivity contribution in [2.75, 3.05) is 0 Å². The molecule has 0 N–H and O–H groups in total. The van der Waals surface area contributed by atoms with Gasteiger partial charge in [0.25, 0.3) is 0 Å². The fourth-order valence-electron chi connectivity index (χ4n) is 1.77. The van der Waals surface area contributed by atoms with Gasteiger partial charge in [0.2, 0.25) is 9.84 Å². The molecule has 2 aromatic rings. The van der Waals surface area contributed by atoms with Crippen LogP contribution in [-0.2, 0) is 9.84 Å². The zero-order chi connectivity index (χ0) is 15.5. The van der Waals surface area contributed by atoms with Gasteiger partial charge < -0.3 is 0 Å². The van der Waals surface area contributed by atoms with Crippen LogP contribution in [0.3, 0.4) is 0 Å². The summed E-state index contributed by atoms with van der Waals surface area (Å²) in [4.78, 5) is 3.41. The molecule has 0 radical (unpaired) electrons. The first-order valence-electron chi connectivity index (χ1n) is 6.12. The predicted octanol–water partition coefficient (Wildman–Crippen LogP) is 3.55. The highest BCUT2D eigenvalue weighted by Gasteiger charge is 2.43. The van der Waals surface area contributed by atoms with E-state index < -0.39 is 20.0 Å². The molecule has 0 bridgehead atoms. The van der Waals surface area contributed by atoms with Crippen molar-refractivity contribution in [2.45, 2.75) is 17.1 Å². The van der Waals surface area contributed by atoms with E-state index in [0.717, 1.165) is 12.1 Å². The summed E-state index contributed by atoms with van der Waals surface area (Å²) >= 11 is 0. The van der Waals surface area contributed by atoms with Gasteiger partial charge in [-0.1, -0.05) is 24.3 Å². The molecule has 0 aliphatic heterocycles. The van der Waals surface area contributed by atoms with E-state index in [1.165, 1.54) is 31.5 Å². The number of allylic oxidation sites excluding steroid dienone is 1. The van der Waals surface area contributed by atoms with E-state index in [0.29, 0.717) is 11.6 Å². The molecule has 0 aliphatic carbocycles. The van der Waals surface area contributed by atoms with Crippen molar-refractivity contribution in [3.05, 3.63) is 66.5 Å². The van der Waals surface area contributed by atoms with Crippen molar-refractivity contribution >= 4 is 15.4 Å². The number of aromatic nitrogens is 1. The second-order valence-electron chi connectivity index (χ2n) is 4.45. The number of hydrogen-bond acceptors (Lipinski definition) is 3. The molecule has 0 aliphatic rings. The van der Waals surface area contributed by atoms with Crippen LogP contribution in [-0.4, -0.2) is 18.7 Å². The van der Waals surface area contributed by atoms with Crippen LogP contribution in [0.2, 0.25) is 0 Å². The fraction of sp³-hybridized carbons (Fsp3) is 0.133. The molecular formula is C15H13F2NO2S. The average molecular weight is 309 g/mol. The molecule has 3 nitrogen and oxygen atoms in total. The highest BCUT2D eigenvalue weighted by atomic mass is 32.2. The Morgan fingerprint density at radius 3 is 2.38 bits per heavy atom. The third-order valence-electron chi connectivity index (χ3n) is 2.91. The van der Waals surface area contributed by atoms with Gasteiger partial charge in [-0.2, -0.15) is 8.78 Å². The van der Waals surface area contributed by atoms with Gasteiger partial charge >= 0.3 is 5.25 Å². The second kappa shape index (κ2) is 5.73. The van der Waals surface area contributed by atoms with Crippen LogP contribution in [0.5, 0.6) is 0 Å². The Bertz CT molecular complexity index is 742. The molecule has 6 heteroatoms. The molecular weight excluding hydrogens is 296 g/mol. The monoisotopic (exact) mass is 309 g/mol. The zero-order valence-corrected chi connectivity index (χ0v) is 12.0. The lowest BCUT2D eigenvalue weighted by molar-refractivity contribution is 0.147. The Kier molecular flexibility index (Phi) is 4.18. The molecule has 0 saturated heterocycles. The molecule has 0 fully saturated rings. The summed E-state index contributed by atoms with van der Waals surface area (Å²) in [5.41, 5.74) is 0.591. The molecule has 1 heterocycles. The molecule has 0 amide bonds. The van der Waals surface area contributed by atoms with Gasteiger partial charge in [0.1, 0.15) is 0 Å². The Balaban J connectivity index is 2.43. The first-order valence-corrected chi connectivity index (χ1v) is 7.60. The Morgan fingerprint density at radius 2 is 1.81 bits per heavy atom. The van der Waals surface area contributed by atoms with E-state index in [-0.39, 0.29) is 5.57 Å². The van der Waals surface area contributed by atoms with Crippen LogP contribution in [0, 0.1) is 0 Å². The van der Waals surface area contributed by atoms with E-state index in [9.17, 15) is 17.2 Å². The topological polar surface area (TPSA) is 47.0 Å². The van der Waals surface area contributed by atoms with Crippen molar-refractivity contribution in [3.8, 4) is 0 Å². The van der Waals surface area contributed by atoms with E-state index >= 15 is 0 Å². The summed E-state index contributed by atoms with van der Waals surface area (Å²) in [6.07, 6.45) is 3.36. The maximum absolute atomic E-state index is 14.1. The number of alkyl halides is 2. The largest absolute Gasteiger partial charge is 0.369 e. The summed E-state index contributed by atoms with van der Waals surface area (Å²) in [7, 11) is -4.77. The normalized spacial score (nSPS) is 13.2. The van der Waals surface area contributed by atoms with Crippen molar-refractivity contribution in [2.24, 2.45) is 0 Å². The number of pyridine rings is 1. The van der Waals surface area contributed by atoms with Gasteiger partial charge in [-0.3, -0.25) is 4.98 Å². The molecule has 1 aromatic heterocycles. The van der Waals surface area contributed by atoms with E-state index in [2.05, 4.69) is 4.98 Å². The van der Waals surface area contributed by atoms with Crippen molar-refractivity contribution in [1.82, 2.24) is 4.98 Å². The number of rotatable bonds is 4. The van der Waals surface area contributed by atoms with Crippen molar-refractivity contribution in [3.63, 3.8) is 0 Å². The summed E-state index contributed by atoms with van der Waals surface area (Å²) in [6.45, 7) is 1.42. The SMILES string of the molecule is C/C(=C\C(F)(F)S(=O)(=O)c1ccccc1)c1cccnc1. The highest BCUT2D eigenvalue weighted by molar-refractivity contribution is 7.92. The van der Waals surface area contributed by atoms with E-state index in [1.807, 2.05) is 0 Å². The van der Waals surface area contributed by atoms with Crippen LogP contribution < -0.4 is 0 Å². The summed E-state index contributed by atoms with van der Waals surface area (Å²) in [5, 5.41) is -3.99. The van der Waals surface area contributed by atoms with Crippen LogP contribution >= 0.6 is 0 Å². The maximum atomic E-state index is 14.1. The Morgan fingerprint density at radius 1 is 1.14 bits per heavy atom. The molecule has 0 saturated carbocycles. The van der Waals surface area contributed by atoms with Crippen LogP contribution in [0.4, 0.5) is 8.78 Å². The minimum atomic E-state index is -4.77. The highest BCUT2D eigenvalue weighted by Crippen LogP contribution is 2.32. The second-order valence-corrected chi connectivity index (χ2v) is 6.47. The molecule has 0 unspecified atom stereocenters. The lowest BCUT2D eigenvalue weighted by Gasteiger charge is -2.14. The average Bonchev–Trinajstić information content (AvgIpc) is 2.48. The summed E-state index contributed by atoms with van der Waals surface area (Å²) in [6, 6.07) is 9.85. The number of benzene rings is 1. The van der Waals surface area contributed by atoms with Gasteiger partial charge in [-0.15, -0.1) is 0 Å². The predicted molar refractivity (Wildman–Crippen MR) is 76.5 cm³/mol. The Hall–Kier alpha value is -2.08. The van der Waals surface area contributed by atoms with E-state index in [4.69, 9.17) is 0 Å². The third kappa shape index (κ3) is 3.16. The van der Waals surface area contributed by atoms with Crippen LogP contribution in [0.15, 0.2) is 65.8 Å². The number of halogens is 2. The standard InChI is InChI=1S/C15H13F2NO2S/c1-12(13-6-5-9-18-11-13)10-15(16,17)21(19,20)14-7-3-2-4-8-14/h2-11H,1H3/b12-10+. The van der Waals surface area contributed by atoms with Gasteiger partial charge in [-0.05, 0) is 36.3 Å². The smallest absolute Gasteiger partial charge is 0.264 e. The van der Waals surface area contributed by atoms with Gasteiger partial charge in [0.15, 0.2) is 0 Å². The maximum Gasteiger partial charge on any atom is 0.369 e. The number of sulfone groups is 1. The van der Waals surface area contributed by atoms with Crippen LogP contribution in [0.1, 0.15) is 12.5 Å². The third-order valence-corrected chi connectivity index (χ3v) is 4.64. The number of nitrogens with zero attached hydrogens (tertiary/aromatic N) is 1. The van der Waals surface area contributed by atoms with Gasteiger partial charge in [-0.25, -0.2) is 8.42 Å². The molecule has 0 atom stereocenters. The van der Waals surface area contributed by atoms with Gasteiger partial charge in [0, 0.05) is 18.5 Å². The number of hydrogen-bond donors (Lipinski definition) is 0. The van der Waals surface area contributed by atoms with E-state index in [1.54, 1.807) is 18.2 Å². The zero-order valence-electron chi connectivity index (χ0n) is 11.2. The first-order chi connectivity index (χ1) is 9.84. The molecule has 110 valence electrons. The lowest BCUT2D eigenvalue weighted by atomic mass is 10.1. The van der Waals surface area contributed by atoms with Crippen LogP contribution in [0.25, 0.3) is 5.57 Å². The first kappa shape index (κ1) is 15.3. The van der Waals surface area contributed by atoms with Crippen molar-refractivity contribution in [1.29, 1.82) is 0 Å². The molecule has 1 aromatic carbocycles. The van der Waals surface area contributed by atoms with Gasteiger partial charge in [0.05, 0.1) is 4.90 Å². The fourth-order valence-corrected chi connectivity index (χ4v) is 2.93. The quantitative estimate of drug-likeness (QED) is 0.867.